The molecule has 1 aromatic carbocycles. The van der Waals surface area contributed by atoms with Crippen LogP contribution in [0.2, 0.25) is 0 Å². The van der Waals surface area contributed by atoms with E-state index in [0.717, 1.165) is 18.4 Å². The summed E-state index contributed by atoms with van der Waals surface area (Å²) in [4.78, 5) is 8.10. The van der Waals surface area contributed by atoms with Crippen molar-refractivity contribution in [3.63, 3.8) is 0 Å². The quantitative estimate of drug-likeness (QED) is 0.738. The number of nitrogens with zero attached hydrogens (tertiary/aromatic N) is 3. The van der Waals surface area contributed by atoms with E-state index in [1.165, 1.54) is 41.5 Å². The molecule has 8 heteroatoms. The number of hydrogen-bond donors (Lipinski definition) is 0. The third-order valence-electron chi connectivity index (χ3n) is 3.24. The van der Waals surface area contributed by atoms with Gasteiger partial charge in [-0.2, -0.15) is 0 Å². The molecule has 2 heterocycles. The van der Waals surface area contributed by atoms with E-state index in [1.807, 2.05) is 0 Å². The Kier molecular flexibility index (Phi) is 3.69. The fraction of sp³-hybridized carbons (Fsp3) is 0.0667. The first kappa shape index (κ1) is 15.3. The topological polar surface area (TPSA) is 64.8 Å². The van der Waals surface area contributed by atoms with Crippen molar-refractivity contribution in [3.8, 4) is 17.1 Å². The van der Waals surface area contributed by atoms with Crippen LogP contribution in [0.3, 0.4) is 0 Å². The lowest BCUT2D eigenvalue weighted by molar-refractivity contribution is 0.585. The van der Waals surface area contributed by atoms with Crippen LogP contribution in [0.4, 0.5) is 8.78 Å². The van der Waals surface area contributed by atoms with Crippen LogP contribution in [0.5, 0.6) is 0 Å². The number of rotatable bonds is 3. The third kappa shape index (κ3) is 2.98. The van der Waals surface area contributed by atoms with Crippen LogP contribution in [-0.4, -0.2) is 29.2 Å². The van der Waals surface area contributed by atoms with Gasteiger partial charge in [0.25, 0.3) is 0 Å². The fourth-order valence-corrected chi connectivity index (χ4v) is 2.67. The van der Waals surface area contributed by atoms with E-state index in [4.69, 9.17) is 0 Å². The van der Waals surface area contributed by atoms with Gasteiger partial charge in [0.1, 0.15) is 23.8 Å². The highest BCUT2D eigenvalue weighted by molar-refractivity contribution is 7.90. The highest BCUT2D eigenvalue weighted by atomic mass is 32.2. The van der Waals surface area contributed by atoms with Crippen LogP contribution in [0.1, 0.15) is 0 Å². The summed E-state index contributed by atoms with van der Waals surface area (Å²) in [5.74, 6) is -1.03. The van der Waals surface area contributed by atoms with Gasteiger partial charge in [-0.05, 0) is 24.3 Å². The van der Waals surface area contributed by atoms with E-state index in [9.17, 15) is 17.2 Å². The second-order valence-corrected chi connectivity index (χ2v) is 6.91. The van der Waals surface area contributed by atoms with Crippen molar-refractivity contribution in [1.29, 1.82) is 0 Å². The van der Waals surface area contributed by atoms with E-state index >= 15 is 0 Å². The zero-order chi connectivity index (χ0) is 16.6. The summed E-state index contributed by atoms with van der Waals surface area (Å²) in [6.07, 6.45) is 5.14. The molecule has 23 heavy (non-hydrogen) atoms. The fourth-order valence-electron chi connectivity index (χ4n) is 2.11. The summed E-state index contributed by atoms with van der Waals surface area (Å²) in [7, 11) is -3.35. The molecule has 5 nitrogen and oxygen atoms in total. The molecule has 0 aliphatic carbocycles. The molecule has 0 atom stereocenters. The first-order valence-corrected chi connectivity index (χ1v) is 8.39. The average molecular weight is 335 g/mol. The zero-order valence-corrected chi connectivity index (χ0v) is 12.8. The summed E-state index contributed by atoms with van der Waals surface area (Å²) >= 11 is 0. The lowest BCUT2D eigenvalue weighted by Gasteiger charge is -2.09. The second kappa shape index (κ2) is 5.54. The summed E-state index contributed by atoms with van der Waals surface area (Å²) in [5.41, 5.74) is 0.542. The summed E-state index contributed by atoms with van der Waals surface area (Å²) in [6.45, 7) is 0. The Morgan fingerprint density at radius 3 is 2.48 bits per heavy atom. The molecule has 0 aliphatic rings. The van der Waals surface area contributed by atoms with Crippen LogP contribution < -0.4 is 0 Å². The zero-order valence-electron chi connectivity index (χ0n) is 11.9. The number of pyridine rings is 1. The van der Waals surface area contributed by atoms with Crippen molar-refractivity contribution in [2.45, 2.75) is 4.90 Å². The number of halogens is 2. The molecule has 0 aliphatic heterocycles. The van der Waals surface area contributed by atoms with Gasteiger partial charge in [-0.3, -0.25) is 4.57 Å². The maximum atomic E-state index is 13.9. The molecular weight excluding hydrogens is 324 g/mol. The molecular formula is C15H11F2N3O2S. The molecule has 0 saturated carbocycles. The highest BCUT2D eigenvalue weighted by Gasteiger charge is 2.14. The van der Waals surface area contributed by atoms with Gasteiger partial charge in [-0.25, -0.2) is 27.2 Å². The lowest BCUT2D eigenvalue weighted by Crippen LogP contribution is -2.02. The van der Waals surface area contributed by atoms with Crippen molar-refractivity contribution in [2.24, 2.45) is 0 Å². The predicted molar refractivity (Wildman–Crippen MR) is 79.8 cm³/mol. The van der Waals surface area contributed by atoms with Gasteiger partial charge in [0, 0.05) is 24.1 Å². The maximum absolute atomic E-state index is 13.9. The van der Waals surface area contributed by atoms with E-state index in [-0.39, 0.29) is 10.5 Å². The summed E-state index contributed by atoms with van der Waals surface area (Å²) in [6, 6.07) is 6.14. The minimum atomic E-state index is -3.35. The monoisotopic (exact) mass is 335 g/mol. The van der Waals surface area contributed by atoms with Crippen molar-refractivity contribution >= 4 is 9.84 Å². The third-order valence-corrected chi connectivity index (χ3v) is 4.34. The number of hydrogen-bond acceptors (Lipinski definition) is 4. The average Bonchev–Trinajstić information content (AvgIpc) is 2.95. The molecule has 0 bridgehead atoms. The number of imidazole rings is 1. The Labute approximate surface area is 131 Å². The predicted octanol–water partition coefficient (Wildman–Crippen LogP) is 2.62. The van der Waals surface area contributed by atoms with Gasteiger partial charge in [-0.15, -0.1) is 0 Å². The Balaban J connectivity index is 2.08. The molecule has 0 fully saturated rings. The Morgan fingerprint density at radius 1 is 1.09 bits per heavy atom. The molecule has 0 radical (unpaired) electrons. The summed E-state index contributed by atoms with van der Waals surface area (Å²) < 4.78 is 51.4. The molecule has 0 N–H and O–H groups in total. The van der Waals surface area contributed by atoms with Crippen molar-refractivity contribution < 1.29 is 17.2 Å². The molecule has 0 amide bonds. The molecule has 118 valence electrons. The first-order valence-electron chi connectivity index (χ1n) is 6.50. The smallest absolute Gasteiger partial charge is 0.177 e. The van der Waals surface area contributed by atoms with Crippen LogP contribution in [0, 0.1) is 11.6 Å². The van der Waals surface area contributed by atoms with Gasteiger partial charge in [0.2, 0.25) is 0 Å². The van der Waals surface area contributed by atoms with Gasteiger partial charge in [0.05, 0.1) is 16.8 Å². The number of sulfone groups is 1. The molecule has 3 rings (SSSR count). The molecule has 0 spiro atoms. The molecule has 0 unspecified atom stereocenters. The number of aromatic nitrogens is 3. The lowest BCUT2D eigenvalue weighted by atomic mass is 10.1. The number of benzene rings is 1. The molecule has 2 aromatic heterocycles. The van der Waals surface area contributed by atoms with Gasteiger partial charge < -0.3 is 0 Å². The van der Waals surface area contributed by atoms with Gasteiger partial charge in [0.15, 0.2) is 9.84 Å². The van der Waals surface area contributed by atoms with Crippen LogP contribution in [0.15, 0.2) is 53.9 Å². The maximum Gasteiger partial charge on any atom is 0.177 e. The van der Waals surface area contributed by atoms with E-state index in [0.29, 0.717) is 11.5 Å². The second-order valence-electron chi connectivity index (χ2n) is 4.90. The van der Waals surface area contributed by atoms with Crippen LogP contribution in [0.25, 0.3) is 17.1 Å². The van der Waals surface area contributed by atoms with E-state index in [1.54, 1.807) is 0 Å². The summed E-state index contributed by atoms with van der Waals surface area (Å²) in [5, 5.41) is 0. The Bertz CT molecular complexity index is 967. The van der Waals surface area contributed by atoms with E-state index < -0.39 is 21.5 Å². The first-order chi connectivity index (χ1) is 10.9. The minimum Gasteiger partial charge on any atom is -0.283 e. The Morgan fingerprint density at radius 2 is 1.87 bits per heavy atom. The molecule has 0 saturated heterocycles. The SMILES string of the molecule is CS(=O)(=O)c1ccc(-n2cncc2-c2ccc(F)cc2F)nc1. The van der Waals surface area contributed by atoms with Crippen LogP contribution in [-0.2, 0) is 9.84 Å². The standard InChI is InChI=1S/C15H11F2N3O2S/c1-23(21,22)11-3-5-15(19-7-11)20-9-18-8-14(20)12-4-2-10(16)6-13(12)17/h2-9H,1H3. The van der Waals surface area contributed by atoms with Crippen LogP contribution >= 0.6 is 0 Å². The van der Waals surface area contributed by atoms with Gasteiger partial charge in [-0.1, -0.05) is 0 Å². The largest absolute Gasteiger partial charge is 0.283 e. The van der Waals surface area contributed by atoms with Crippen molar-refractivity contribution in [1.82, 2.24) is 14.5 Å². The van der Waals surface area contributed by atoms with Crippen molar-refractivity contribution in [2.75, 3.05) is 6.26 Å². The minimum absolute atomic E-state index is 0.0795. The molecule has 3 aromatic rings. The normalized spacial score (nSPS) is 11.6. The van der Waals surface area contributed by atoms with Gasteiger partial charge >= 0.3 is 0 Å². The van der Waals surface area contributed by atoms with Crippen molar-refractivity contribution in [3.05, 3.63) is 60.7 Å². The Hall–Kier alpha value is -2.61. The van der Waals surface area contributed by atoms with E-state index in [2.05, 4.69) is 9.97 Å². The highest BCUT2D eigenvalue weighted by Crippen LogP contribution is 2.25.